The molecule has 0 aliphatic heterocycles. The predicted molar refractivity (Wildman–Crippen MR) is 81.3 cm³/mol. The highest BCUT2D eigenvalue weighted by atomic mass is 32.2. The third-order valence-corrected chi connectivity index (χ3v) is 4.48. The van der Waals surface area contributed by atoms with Crippen molar-refractivity contribution in [1.29, 1.82) is 0 Å². The Kier molecular flexibility index (Phi) is 5.79. The number of hydrogen-bond acceptors (Lipinski definition) is 5. The van der Waals surface area contributed by atoms with E-state index in [9.17, 15) is 8.42 Å². The zero-order chi connectivity index (χ0) is 15.3. The Morgan fingerprint density at radius 1 is 1.40 bits per heavy atom. The first-order chi connectivity index (χ1) is 9.33. The number of hydrogen-bond donors (Lipinski definition) is 3. The molecule has 0 aliphatic carbocycles. The summed E-state index contributed by atoms with van der Waals surface area (Å²) < 4.78 is 26.6. The minimum atomic E-state index is -3.59. The van der Waals surface area contributed by atoms with E-state index in [1.165, 1.54) is 13.1 Å². The van der Waals surface area contributed by atoms with E-state index in [2.05, 4.69) is 4.72 Å². The lowest BCUT2D eigenvalue weighted by Crippen LogP contribution is -2.34. The van der Waals surface area contributed by atoms with Gasteiger partial charge in [-0.2, -0.15) is 0 Å². The van der Waals surface area contributed by atoms with Crippen LogP contribution >= 0.6 is 0 Å². The molecule has 0 saturated heterocycles. The molecule has 0 bridgehead atoms. The predicted octanol–water partition coefficient (Wildman–Crippen LogP) is 0.774. The number of aliphatic hydroxyl groups excluding tert-OH is 1. The second-order valence-corrected chi connectivity index (χ2v) is 6.65. The molecule has 20 heavy (non-hydrogen) atoms. The van der Waals surface area contributed by atoms with Crippen LogP contribution in [0.5, 0.6) is 0 Å². The highest BCUT2D eigenvalue weighted by molar-refractivity contribution is 7.89. The molecule has 0 fully saturated rings. The summed E-state index contributed by atoms with van der Waals surface area (Å²) in [5.74, 6) is 0. The normalized spacial score (nSPS) is 11.8. The van der Waals surface area contributed by atoms with Crippen molar-refractivity contribution in [3.8, 4) is 0 Å². The standard InChI is InChI=1S/C13H23N3O3S/c1-10(2)16(7-4-8-17)12-6-5-11(14)9-13(12)20(18,19)15-3/h5-6,9-10,15,17H,4,7-8,14H2,1-3H3. The largest absolute Gasteiger partial charge is 0.399 e. The van der Waals surface area contributed by atoms with Gasteiger partial charge in [0.1, 0.15) is 4.90 Å². The van der Waals surface area contributed by atoms with Crippen LogP contribution in [0.25, 0.3) is 0 Å². The molecule has 7 heteroatoms. The topological polar surface area (TPSA) is 95.7 Å². The number of anilines is 2. The average molecular weight is 301 g/mol. The Morgan fingerprint density at radius 3 is 2.55 bits per heavy atom. The maximum Gasteiger partial charge on any atom is 0.242 e. The minimum absolute atomic E-state index is 0.0618. The summed E-state index contributed by atoms with van der Waals surface area (Å²) in [6, 6.07) is 4.95. The van der Waals surface area contributed by atoms with Gasteiger partial charge in [0.05, 0.1) is 5.69 Å². The molecule has 0 radical (unpaired) electrons. The van der Waals surface area contributed by atoms with Gasteiger partial charge in [0.25, 0.3) is 0 Å². The number of nitrogens with zero attached hydrogens (tertiary/aromatic N) is 1. The number of benzene rings is 1. The molecule has 0 spiro atoms. The summed E-state index contributed by atoms with van der Waals surface area (Å²) in [7, 11) is -2.22. The molecule has 0 aromatic heterocycles. The smallest absolute Gasteiger partial charge is 0.242 e. The molecule has 0 heterocycles. The summed E-state index contributed by atoms with van der Waals surface area (Å²) >= 11 is 0. The first-order valence-electron chi connectivity index (χ1n) is 6.54. The van der Waals surface area contributed by atoms with Gasteiger partial charge < -0.3 is 15.7 Å². The van der Waals surface area contributed by atoms with E-state index in [-0.39, 0.29) is 17.5 Å². The lowest BCUT2D eigenvalue weighted by atomic mass is 10.2. The third-order valence-electron chi connectivity index (χ3n) is 3.03. The Morgan fingerprint density at radius 2 is 2.05 bits per heavy atom. The number of aliphatic hydroxyl groups is 1. The van der Waals surface area contributed by atoms with Gasteiger partial charge in [0.15, 0.2) is 0 Å². The van der Waals surface area contributed by atoms with Gasteiger partial charge in [0.2, 0.25) is 10.0 Å². The van der Waals surface area contributed by atoms with E-state index >= 15 is 0 Å². The van der Waals surface area contributed by atoms with Crippen LogP contribution in [0, 0.1) is 0 Å². The van der Waals surface area contributed by atoms with E-state index in [0.717, 1.165) is 0 Å². The zero-order valence-corrected chi connectivity index (χ0v) is 12.9. The van der Waals surface area contributed by atoms with Crippen LogP contribution in [-0.2, 0) is 10.0 Å². The molecule has 0 saturated carbocycles. The average Bonchev–Trinajstić information content (AvgIpc) is 2.40. The molecular formula is C13H23N3O3S. The molecule has 1 aromatic carbocycles. The second kappa shape index (κ2) is 6.92. The van der Waals surface area contributed by atoms with Crippen molar-refractivity contribution in [3.05, 3.63) is 18.2 Å². The Labute approximate surface area is 120 Å². The third kappa shape index (κ3) is 3.84. The van der Waals surface area contributed by atoms with Crippen molar-refractivity contribution in [2.75, 3.05) is 30.8 Å². The van der Waals surface area contributed by atoms with E-state index in [1.807, 2.05) is 18.7 Å². The van der Waals surface area contributed by atoms with Crippen LogP contribution < -0.4 is 15.4 Å². The zero-order valence-electron chi connectivity index (χ0n) is 12.1. The number of nitrogen functional groups attached to an aromatic ring is 1. The number of sulfonamides is 1. The van der Waals surface area contributed by atoms with Crippen LogP contribution in [0.4, 0.5) is 11.4 Å². The van der Waals surface area contributed by atoms with Crippen molar-refractivity contribution in [2.24, 2.45) is 0 Å². The van der Waals surface area contributed by atoms with Crippen LogP contribution in [0.3, 0.4) is 0 Å². The quantitative estimate of drug-likeness (QED) is 0.647. The van der Waals surface area contributed by atoms with Crippen LogP contribution in [-0.4, -0.2) is 39.8 Å². The number of nitrogens with two attached hydrogens (primary N) is 1. The Balaban J connectivity index is 3.34. The number of nitrogens with one attached hydrogen (secondary N) is 1. The van der Waals surface area contributed by atoms with Gasteiger partial charge in [-0.1, -0.05) is 0 Å². The SMILES string of the molecule is CNS(=O)(=O)c1cc(N)ccc1N(CCCO)C(C)C. The van der Waals surface area contributed by atoms with E-state index < -0.39 is 10.0 Å². The first-order valence-corrected chi connectivity index (χ1v) is 8.02. The fourth-order valence-corrected chi connectivity index (χ4v) is 2.96. The molecule has 1 rings (SSSR count). The number of rotatable bonds is 7. The van der Waals surface area contributed by atoms with Gasteiger partial charge in [0, 0.05) is 24.9 Å². The van der Waals surface area contributed by atoms with Gasteiger partial charge in [-0.15, -0.1) is 0 Å². The molecule has 6 nitrogen and oxygen atoms in total. The van der Waals surface area contributed by atoms with Gasteiger partial charge in [-0.05, 0) is 45.5 Å². The van der Waals surface area contributed by atoms with Crippen molar-refractivity contribution in [3.63, 3.8) is 0 Å². The summed E-state index contributed by atoms with van der Waals surface area (Å²) in [5, 5.41) is 8.99. The van der Waals surface area contributed by atoms with Crippen molar-refractivity contribution < 1.29 is 13.5 Å². The molecule has 0 unspecified atom stereocenters. The Bertz CT molecular complexity index is 544. The molecule has 0 aliphatic rings. The van der Waals surface area contributed by atoms with Crippen molar-refractivity contribution in [1.82, 2.24) is 4.72 Å². The van der Waals surface area contributed by atoms with Crippen LogP contribution in [0.2, 0.25) is 0 Å². The maximum absolute atomic E-state index is 12.1. The summed E-state index contributed by atoms with van der Waals surface area (Å²) in [6.45, 7) is 4.59. The van der Waals surface area contributed by atoms with Gasteiger partial charge in [-0.3, -0.25) is 0 Å². The van der Waals surface area contributed by atoms with E-state index in [4.69, 9.17) is 10.8 Å². The highest BCUT2D eigenvalue weighted by Crippen LogP contribution is 2.29. The fourth-order valence-electron chi connectivity index (χ4n) is 1.99. The first kappa shape index (κ1) is 16.7. The van der Waals surface area contributed by atoms with Gasteiger partial charge in [-0.25, -0.2) is 13.1 Å². The minimum Gasteiger partial charge on any atom is -0.399 e. The monoisotopic (exact) mass is 301 g/mol. The maximum atomic E-state index is 12.1. The van der Waals surface area contributed by atoms with Crippen molar-refractivity contribution >= 4 is 21.4 Å². The summed E-state index contributed by atoms with van der Waals surface area (Å²) in [6.07, 6.45) is 0.571. The molecule has 114 valence electrons. The summed E-state index contributed by atoms with van der Waals surface area (Å²) in [5.41, 5.74) is 6.70. The molecule has 0 atom stereocenters. The second-order valence-electron chi connectivity index (χ2n) is 4.80. The van der Waals surface area contributed by atoms with E-state index in [1.54, 1.807) is 12.1 Å². The van der Waals surface area contributed by atoms with Crippen molar-refractivity contribution in [2.45, 2.75) is 31.2 Å². The Hall–Kier alpha value is -1.31. The van der Waals surface area contributed by atoms with E-state index in [0.29, 0.717) is 24.3 Å². The fraction of sp³-hybridized carbons (Fsp3) is 0.538. The highest BCUT2D eigenvalue weighted by Gasteiger charge is 2.22. The van der Waals surface area contributed by atoms with Crippen LogP contribution in [0.1, 0.15) is 20.3 Å². The molecule has 0 amide bonds. The molecule has 4 N–H and O–H groups in total. The molecular weight excluding hydrogens is 278 g/mol. The van der Waals surface area contributed by atoms with Gasteiger partial charge >= 0.3 is 0 Å². The summed E-state index contributed by atoms with van der Waals surface area (Å²) in [4.78, 5) is 2.10. The lowest BCUT2D eigenvalue weighted by molar-refractivity contribution is 0.288. The van der Waals surface area contributed by atoms with Crippen LogP contribution in [0.15, 0.2) is 23.1 Å². The molecule has 1 aromatic rings. The lowest BCUT2D eigenvalue weighted by Gasteiger charge is -2.30.